The van der Waals surface area contributed by atoms with E-state index in [0.717, 1.165) is 17.1 Å². The van der Waals surface area contributed by atoms with E-state index in [1.165, 1.54) is 0 Å². The van der Waals surface area contributed by atoms with Gasteiger partial charge in [0, 0.05) is 6.42 Å². The van der Waals surface area contributed by atoms with Crippen molar-refractivity contribution < 1.29 is 14.3 Å². The lowest BCUT2D eigenvalue weighted by Gasteiger charge is -1.97. The third-order valence-corrected chi connectivity index (χ3v) is 2.21. The van der Waals surface area contributed by atoms with Crippen molar-refractivity contribution in [3.63, 3.8) is 0 Å². The SMILES string of the molecule is CCC(=O)C=Cc1ccc2c(c1)OCO2.Cl. The van der Waals surface area contributed by atoms with Crippen LogP contribution >= 0.6 is 12.4 Å². The molecule has 2 rings (SSSR count). The van der Waals surface area contributed by atoms with Crippen LogP contribution in [-0.2, 0) is 4.79 Å². The van der Waals surface area contributed by atoms with Crippen LogP contribution in [0, 0.1) is 0 Å². The molecule has 0 unspecified atom stereocenters. The number of hydrogen-bond donors (Lipinski definition) is 0. The molecule has 1 aliphatic heterocycles. The average molecular weight is 241 g/mol. The van der Waals surface area contributed by atoms with Gasteiger partial charge in [-0.3, -0.25) is 4.79 Å². The van der Waals surface area contributed by atoms with Gasteiger partial charge in [-0.25, -0.2) is 0 Å². The predicted molar refractivity (Wildman–Crippen MR) is 64.1 cm³/mol. The van der Waals surface area contributed by atoms with Gasteiger partial charge in [-0.1, -0.05) is 19.1 Å². The molecule has 1 heterocycles. The number of carbonyl (C=O) groups is 1. The van der Waals surface area contributed by atoms with Crippen molar-refractivity contribution in [2.75, 3.05) is 6.79 Å². The number of carbonyl (C=O) groups excluding carboxylic acids is 1. The molecule has 0 aliphatic carbocycles. The van der Waals surface area contributed by atoms with Crippen LogP contribution in [0.15, 0.2) is 24.3 Å². The quantitative estimate of drug-likeness (QED) is 0.763. The largest absolute Gasteiger partial charge is 0.454 e. The van der Waals surface area contributed by atoms with Gasteiger partial charge in [0.1, 0.15) is 0 Å². The number of ether oxygens (including phenoxy) is 2. The topological polar surface area (TPSA) is 35.5 Å². The number of hydrogen-bond acceptors (Lipinski definition) is 3. The van der Waals surface area contributed by atoms with Gasteiger partial charge in [-0.15, -0.1) is 12.4 Å². The van der Waals surface area contributed by atoms with E-state index in [9.17, 15) is 4.79 Å². The summed E-state index contributed by atoms with van der Waals surface area (Å²) in [5.74, 6) is 1.61. The molecule has 3 nitrogen and oxygen atoms in total. The normalized spacial score (nSPS) is 12.6. The van der Waals surface area contributed by atoms with Crippen molar-refractivity contribution in [1.82, 2.24) is 0 Å². The highest BCUT2D eigenvalue weighted by molar-refractivity contribution is 5.93. The number of allylic oxidation sites excluding steroid dienone is 1. The molecule has 1 aromatic rings. The Morgan fingerprint density at radius 2 is 2.12 bits per heavy atom. The van der Waals surface area contributed by atoms with Crippen LogP contribution in [-0.4, -0.2) is 12.6 Å². The van der Waals surface area contributed by atoms with Gasteiger partial charge >= 0.3 is 0 Å². The fourth-order valence-corrected chi connectivity index (χ4v) is 1.32. The number of halogens is 1. The highest BCUT2D eigenvalue weighted by Crippen LogP contribution is 2.32. The van der Waals surface area contributed by atoms with Crippen LogP contribution < -0.4 is 9.47 Å². The number of ketones is 1. The predicted octanol–water partition coefficient (Wildman–Crippen LogP) is 2.83. The maximum absolute atomic E-state index is 11.1. The Balaban J connectivity index is 0.00000128. The second-order valence-electron chi connectivity index (χ2n) is 3.27. The summed E-state index contributed by atoms with van der Waals surface area (Å²) in [5.41, 5.74) is 0.945. The Kier molecular flexibility index (Phi) is 4.38. The van der Waals surface area contributed by atoms with Crippen LogP contribution in [0.5, 0.6) is 11.5 Å². The Morgan fingerprint density at radius 1 is 1.38 bits per heavy atom. The fraction of sp³-hybridized carbons (Fsp3) is 0.250. The molecule has 0 N–H and O–H groups in total. The highest BCUT2D eigenvalue weighted by Gasteiger charge is 2.12. The van der Waals surface area contributed by atoms with Crippen LogP contribution in [0.1, 0.15) is 18.9 Å². The zero-order valence-electron chi connectivity index (χ0n) is 8.93. The lowest BCUT2D eigenvalue weighted by atomic mass is 10.1. The zero-order chi connectivity index (χ0) is 10.7. The summed E-state index contributed by atoms with van der Waals surface area (Å²) < 4.78 is 10.4. The molecule has 0 aromatic heterocycles. The third kappa shape index (κ3) is 2.76. The van der Waals surface area contributed by atoms with E-state index in [2.05, 4.69) is 0 Å². The van der Waals surface area contributed by atoms with Crippen molar-refractivity contribution in [2.24, 2.45) is 0 Å². The fourth-order valence-electron chi connectivity index (χ4n) is 1.32. The average Bonchev–Trinajstić information content (AvgIpc) is 2.72. The molecule has 0 amide bonds. The van der Waals surface area contributed by atoms with Crippen LogP contribution in [0.3, 0.4) is 0 Å². The molecule has 86 valence electrons. The molecule has 0 fully saturated rings. The first kappa shape index (κ1) is 12.6. The Hall–Kier alpha value is -1.48. The molecule has 0 radical (unpaired) electrons. The van der Waals surface area contributed by atoms with E-state index < -0.39 is 0 Å². The second-order valence-corrected chi connectivity index (χ2v) is 3.27. The third-order valence-electron chi connectivity index (χ3n) is 2.21. The first-order valence-corrected chi connectivity index (χ1v) is 4.90. The van der Waals surface area contributed by atoms with Gasteiger partial charge in [0.2, 0.25) is 6.79 Å². The van der Waals surface area contributed by atoms with E-state index in [-0.39, 0.29) is 25.0 Å². The molecule has 16 heavy (non-hydrogen) atoms. The van der Waals surface area contributed by atoms with E-state index >= 15 is 0 Å². The minimum atomic E-state index is 0. The van der Waals surface area contributed by atoms with Gasteiger partial charge in [0.05, 0.1) is 0 Å². The van der Waals surface area contributed by atoms with E-state index in [0.29, 0.717) is 6.42 Å². The minimum Gasteiger partial charge on any atom is -0.454 e. The summed E-state index contributed by atoms with van der Waals surface area (Å²) in [6, 6.07) is 5.60. The van der Waals surface area contributed by atoms with E-state index in [1.807, 2.05) is 25.1 Å². The standard InChI is InChI=1S/C12H12O3.ClH/c1-2-10(13)5-3-9-4-6-11-12(7-9)15-8-14-11;/h3-7H,2,8H2,1H3;1H. The summed E-state index contributed by atoms with van der Waals surface area (Å²) in [6.07, 6.45) is 3.90. The van der Waals surface area contributed by atoms with E-state index in [4.69, 9.17) is 9.47 Å². The smallest absolute Gasteiger partial charge is 0.231 e. The number of rotatable bonds is 3. The molecule has 1 aromatic carbocycles. The van der Waals surface area contributed by atoms with Crippen LogP contribution in [0.4, 0.5) is 0 Å². The van der Waals surface area contributed by atoms with E-state index in [1.54, 1.807) is 12.2 Å². The second kappa shape index (κ2) is 5.56. The molecular formula is C12H13ClO3. The van der Waals surface area contributed by atoms with Gasteiger partial charge in [0.25, 0.3) is 0 Å². The Labute approximate surface area is 100 Å². The van der Waals surface area contributed by atoms with Crippen molar-refractivity contribution in [3.05, 3.63) is 29.8 Å². The Morgan fingerprint density at radius 3 is 2.88 bits per heavy atom. The molecule has 1 aliphatic rings. The molecule has 0 bridgehead atoms. The Bertz CT molecular complexity index is 413. The van der Waals surface area contributed by atoms with Gasteiger partial charge < -0.3 is 9.47 Å². The summed E-state index contributed by atoms with van der Waals surface area (Å²) in [7, 11) is 0. The summed E-state index contributed by atoms with van der Waals surface area (Å²) in [6.45, 7) is 2.11. The molecule has 0 atom stereocenters. The van der Waals surface area contributed by atoms with Crippen LogP contribution in [0.2, 0.25) is 0 Å². The lowest BCUT2D eigenvalue weighted by molar-refractivity contribution is -0.114. The van der Waals surface area contributed by atoms with Crippen molar-refractivity contribution in [2.45, 2.75) is 13.3 Å². The van der Waals surface area contributed by atoms with Crippen molar-refractivity contribution in [3.8, 4) is 11.5 Å². The molecule has 0 saturated heterocycles. The van der Waals surface area contributed by atoms with Crippen molar-refractivity contribution in [1.29, 1.82) is 0 Å². The van der Waals surface area contributed by atoms with Gasteiger partial charge in [-0.05, 0) is 23.8 Å². The summed E-state index contributed by atoms with van der Waals surface area (Å²) in [5, 5.41) is 0. The summed E-state index contributed by atoms with van der Waals surface area (Å²) >= 11 is 0. The molecule has 0 spiro atoms. The lowest BCUT2D eigenvalue weighted by Crippen LogP contribution is -1.92. The highest BCUT2D eigenvalue weighted by atomic mass is 35.5. The van der Waals surface area contributed by atoms with Crippen LogP contribution in [0.25, 0.3) is 6.08 Å². The van der Waals surface area contributed by atoms with Gasteiger partial charge in [-0.2, -0.15) is 0 Å². The molecule has 4 heteroatoms. The molecular weight excluding hydrogens is 228 g/mol. The van der Waals surface area contributed by atoms with Crippen molar-refractivity contribution >= 4 is 24.3 Å². The first-order valence-electron chi connectivity index (χ1n) is 4.90. The maximum atomic E-state index is 11.1. The number of benzene rings is 1. The molecule has 0 saturated carbocycles. The zero-order valence-corrected chi connectivity index (χ0v) is 9.75. The first-order chi connectivity index (χ1) is 7.29. The van der Waals surface area contributed by atoms with Gasteiger partial charge in [0.15, 0.2) is 17.3 Å². The minimum absolute atomic E-state index is 0. The number of fused-ring (bicyclic) bond motifs is 1. The maximum Gasteiger partial charge on any atom is 0.231 e. The monoisotopic (exact) mass is 240 g/mol. The summed E-state index contributed by atoms with van der Waals surface area (Å²) in [4.78, 5) is 11.1.